The maximum atomic E-state index is 4.35. The maximum Gasteiger partial charge on any atom is 0.0797 e. The standard InChI is InChI=1S/C16H30N2S/c1-7-9-16(6,11-18-15(3,4)5)10-8-14-13(2)17-12-19-14/h12,18H,7-11H2,1-6H3. The molecule has 0 aromatic carbocycles. The molecule has 110 valence electrons. The number of aromatic nitrogens is 1. The lowest BCUT2D eigenvalue weighted by molar-refractivity contribution is 0.229. The molecule has 1 aromatic heterocycles. The van der Waals surface area contributed by atoms with Crippen LogP contribution < -0.4 is 5.32 Å². The van der Waals surface area contributed by atoms with Crippen LogP contribution in [0.15, 0.2) is 5.51 Å². The van der Waals surface area contributed by atoms with Gasteiger partial charge in [-0.3, -0.25) is 0 Å². The SMILES string of the molecule is CCCC(C)(CCc1scnc1C)CNC(C)(C)C. The number of nitrogens with zero attached hydrogens (tertiary/aromatic N) is 1. The zero-order valence-electron chi connectivity index (χ0n) is 13.5. The minimum atomic E-state index is 0.204. The van der Waals surface area contributed by atoms with E-state index in [2.05, 4.69) is 51.8 Å². The smallest absolute Gasteiger partial charge is 0.0797 e. The van der Waals surface area contributed by atoms with E-state index in [9.17, 15) is 0 Å². The molecule has 0 saturated heterocycles. The molecule has 1 heterocycles. The van der Waals surface area contributed by atoms with Crippen molar-refractivity contribution in [3.63, 3.8) is 0 Å². The van der Waals surface area contributed by atoms with Crippen molar-refractivity contribution < 1.29 is 0 Å². The van der Waals surface area contributed by atoms with Gasteiger partial charge < -0.3 is 5.32 Å². The molecule has 0 radical (unpaired) electrons. The van der Waals surface area contributed by atoms with Gasteiger partial charge in [0.15, 0.2) is 0 Å². The molecule has 0 amide bonds. The fourth-order valence-corrected chi connectivity index (χ4v) is 3.15. The quantitative estimate of drug-likeness (QED) is 0.792. The average Bonchev–Trinajstić information content (AvgIpc) is 2.70. The molecule has 1 atom stereocenters. The van der Waals surface area contributed by atoms with Gasteiger partial charge in [0.2, 0.25) is 0 Å². The molecule has 1 rings (SSSR count). The monoisotopic (exact) mass is 282 g/mol. The summed E-state index contributed by atoms with van der Waals surface area (Å²) in [6, 6.07) is 0. The van der Waals surface area contributed by atoms with Crippen LogP contribution in [0.4, 0.5) is 0 Å². The highest BCUT2D eigenvalue weighted by Crippen LogP contribution is 2.30. The van der Waals surface area contributed by atoms with Crippen LogP contribution in [0.25, 0.3) is 0 Å². The van der Waals surface area contributed by atoms with Crippen molar-refractivity contribution in [3.8, 4) is 0 Å². The molecule has 1 unspecified atom stereocenters. The first-order valence-corrected chi connectivity index (χ1v) is 8.28. The van der Waals surface area contributed by atoms with Gasteiger partial charge in [-0.2, -0.15) is 0 Å². The second-order valence-electron chi connectivity index (χ2n) is 7.03. The first-order valence-electron chi connectivity index (χ1n) is 7.40. The first-order chi connectivity index (χ1) is 8.76. The average molecular weight is 282 g/mol. The van der Waals surface area contributed by atoms with E-state index in [0.717, 1.165) is 6.54 Å². The van der Waals surface area contributed by atoms with Gasteiger partial charge in [0, 0.05) is 17.0 Å². The summed E-state index contributed by atoms with van der Waals surface area (Å²) in [6.45, 7) is 14.7. The maximum absolute atomic E-state index is 4.35. The topological polar surface area (TPSA) is 24.9 Å². The Morgan fingerprint density at radius 1 is 1.21 bits per heavy atom. The van der Waals surface area contributed by atoms with Crippen LogP contribution in [-0.4, -0.2) is 17.1 Å². The summed E-state index contributed by atoms with van der Waals surface area (Å²) in [5, 5.41) is 3.68. The molecular formula is C16H30N2S. The van der Waals surface area contributed by atoms with Crippen molar-refractivity contribution in [2.45, 2.75) is 72.8 Å². The van der Waals surface area contributed by atoms with Crippen molar-refractivity contribution in [2.75, 3.05) is 6.54 Å². The van der Waals surface area contributed by atoms with Gasteiger partial charge in [-0.05, 0) is 52.4 Å². The van der Waals surface area contributed by atoms with Crippen LogP contribution in [-0.2, 0) is 6.42 Å². The molecule has 3 heteroatoms. The van der Waals surface area contributed by atoms with Crippen LogP contribution in [0.1, 0.15) is 64.5 Å². The summed E-state index contributed by atoms with van der Waals surface area (Å²) in [7, 11) is 0. The Morgan fingerprint density at radius 3 is 2.37 bits per heavy atom. The Morgan fingerprint density at radius 2 is 1.89 bits per heavy atom. The number of nitrogens with one attached hydrogen (secondary N) is 1. The first kappa shape index (κ1) is 16.6. The lowest BCUT2D eigenvalue weighted by atomic mass is 9.80. The summed E-state index contributed by atoms with van der Waals surface area (Å²) in [5.74, 6) is 0. The van der Waals surface area contributed by atoms with Gasteiger partial charge in [-0.25, -0.2) is 4.98 Å². The molecule has 0 aliphatic carbocycles. The number of hydrogen-bond acceptors (Lipinski definition) is 3. The Balaban J connectivity index is 2.58. The number of rotatable bonds is 7. The van der Waals surface area contributed by atoms with E-state index in [4.69, 9.17) is 0 Å². The number of thiazole rings is 1. The minimum absolute atomic E-state index is 0.204. The van der Waals surface area contributed by atoms with E-state index >= 15 is 0 Å². The summed E-state index contributed by atoms with van der Waals surface area (Å²) in [6.07, 6.45) is 4.95. The fourth-order valence-electron chi connectivity index (χ4n) is 2.37. The third-order valence-electron chi connectivity index (χ3n) is 3.70. The predicted octanol–water partition coefficient (Wildman–Crippen LogP) is 4.58. The van der Waals surface area contributed by atoms with Gasteiger partial charge >= 0.3 is 0 Å². The molecular weight excluding hydrogens is 252 g/mol. The molecule has 0 aliphatic rings. The largest absolute Gasteiger partial charge is 0.312 e. The third-order valence-corrected chi connectivity index (χ3v) is 4.69. The van der Waals surface area contributed by atoms with Crippen LogP contribution >= 0.6 is 11.3 Å². The summed E-state index contributed by atoms with van der Waals surface area (Å²) < 4.78 is 0. The van der Waals surface area contributed by atoms with Crippen molar-refractivity contribution in [3.05, 3.63) is 16.1 Å². The van der Waals surface area contributed by atoms with E-state index < -0.39 is 0 Å². The Labute approximate surface area is 123 Å². The minimum Gasteiger partial charge on any atom is -0.312 e. The second-order valence-corrected chi connectivity index (χ2v) is 7.96. The van der Waals surface area contributed by atoms with E-state index in [1.807, 2.05) is 5.51 Å². The molecule has 1 N–H and O–H groups in total. The van der Waals surface area contributed by atoms with Crippen LogP contribution in [0.3, 0.4) is 0 Å². The Bertz CT molecular complexity index is 378. The number of hydrogen-bond donors (Lipinski definition) is 1. The van der Waals surface area contributed by atoms with Crippen LogP contribution in [0.2, 0.25) is 0 Å². The highest BCUT2D eigenvalue weighted by molar-refractivity contribution is 7.09. The van der Waals surface area contributed by atoms with E-state index in [1.165, 1.54) is 36.3 Å². The molecule has 2 nitrogen and oxygen atoms in total. The highest BCUT2D eigenvalue weighted by atomic mass is 32.1. The molecule has 0 spiro atoms. The molecule has 19 heavy (non-hydrogen) atoms. The fraction of sp³-hybridized carbons (Fsp3) is 0.812. The van der Waals surface area contributed by atoms with Crippen molar-refractivity contribution in [1.82, 2.24) is 10.3 Å². The third kappa shape index (κ3) is 6.05. The lowest BCUT2D eigenvalue weighted by Gasteiger charge is -2.33. The van der Waals surface area contributed by atoms with Crippen molar-refractivity contribution >= 4 is 11.3 Å². The van der Waals surface area contributed by atoms with Gasteiger partial charge in [0.25, 0.3) is 0 Å². The summed E-state index contributed by atoms with van der Waals surface area (Å²) in [4.78, 5) is 5.81. The summed E-state index contributed by atoms with van der Waals surface area (Å²) in [5.41, 5.74) is 3.77. The van der Waals surface area contributed by atoms with Gasteiger partial charge in [-0.15, -0.1) is 11.3 Å². The molecule has 0 aliphatic heterocycles. The van der Waals surface area contributed by atoms with E-state index in [1.54, 1.807) is 11.3 Å². The van der Waals surface area contributed by atoms with Crippen molar-refractivity contribution in [2.24, 2.45) is 5.41 Å². The van der Waals surface area contributed by atoms with Gasteiger partial charge in [-0.1, -0.05) is 20.3 Å². The Kier molecular flexibility index (Phi) is 6.00. The Hall–Kier alpha value is -0.410. The van der Waals surface area contributed by atoms with Crippen LogP contribution in [0.5, 0.6) is 0 Å². The van der Waals surface area contributed by atoms with E-state index in [-0.39, 0.29) is 5.54 Å². The summed E-state index contributed by atoms with van der Waals surface area (Å²) >= 11 is 1.80. The highest BCUT2D eigenvalue weighted by Gasteiger charge is 2.25. The second kappa shape index (κ2) is 6.85. The zero-order valence-corrected chi connectivity index (χ0v) is 14.3. The van der Waals surface area contributed by atoms with Crippen molar-refractivity contribution in [1.29, 1.82) is 0 Å². The van der Waals surface area contributed by atoms with Crippen LogP contribution in [0, 0.1) is 12.3 Å². The lowest BCUT2D eigenvalue weighted by Crippen LogP contribution is -2.43. The van der Waals surface area contributed by atoms with Gasteiger partial charge in [0.1, 0.15) is 0 Å². The molecule has 0 fully saturated rings. The zero-order chi connectivity index (χ0) is 14.5. The molecule has 0 saturated carbocycles. The predicted molar refractivity (Wildman–Crippen MR) is 85.9 cm³/mol. The van der Waals surface area contributed by atoms with E-state index in [0.29, 0.717) is 5.41 Å². The normalized spacial score (nSPS) is 15.5. The van der Waals surface area contributed by atoms with Gasteiger partial charge in [0.05, 0.1) is 11.2 Å². The molecule has 0 bridgehead atoms. The number of aryl methyl sites for hydroxylation is 2. The molecule has 1 aromatic rings.